The molecule has 0 saturated carbocycles. The SMILES string of the molecule is C[C@@H]1C(S(=O)(=O)O)=C(Cl)N(C)N1c1cc(Cl)cc(Cl)c1. The molecule has 2 rings (SSSR count). The van der Waals surface area contributed by atoms with Crippen LogP contribution in [0.1, 0.15) is 6.92 Å². The lowest BCUT2D eigenvalue weighted by Gasteiger charge is -2.32. The largest absolute Gasteiger partial charge is 0.295 e. The number of hydrogen-bond donors (Lipinski definition) is 1. The Hall–Kier alpha value is -0.660. The zero-order valence-corrected chi connectivity index (χ0v) is 13.6. The molecule has 110 valence electrons. The summed E-state index contributed by atoms with van der Waals surface area (Å²) in [7, 11) is -2.82. The van der Waals surface area contributed by atoms with Crippen molar-refractivity contribution in [2.45, 2.75) is 13.0 Å². The first-order valence-corrected chi connectivity index (χ1v) is 8.06. The number of rotatable bonds is 2. The van der Waals surface area contributed by atoms with E-state index in [0.717, 1.165) is 0 Å². The van der Waals surface area contributed by atoms with Crippen LogP contribution in [0.25, 0.3) is 0 Å². The van der Waals surface area contributed by atoms with E-state index in [1.165, 1.54) is 5.01 Å². The Morgan fingerprint density at radius 3 is 2.05 bits per heavy atom. The molecule has 0 fully saturated rings. The number of anilines is 1. The molecule has 0 radical (unpaired) electrons. The van der Waals surface area contributed by atoms with Crippen LogP contribution in [0.3, 0.4) is 0 Å². The Labute approximate surface area is 132 Å². The van der Waals surface area contributed by atoms with Gasteiger partial charge in [-0.3, -0.25) is 14.6 Å². The molecular weight excluding hydrogens is 347 g/mol. The summed E-state index contributed by atoms with van der Waals surface area (Å²) in [5.74, 6) is 0. The van der Waals surface area contributed by atoms with E-state index in [4.69, 9.17) is 34.8 Å². The fourth-order valence-corrected chi connectivity index (χ4v) is 4.11. The molecule has 9 heteroatoms. The van der Waals surface area contributed by atoms with Gasteiger partial charge in [-0.15, -0.1) is 0 Å². The first kappa shape index (κ1) is 15.7. The fourth-order valence-electron chi connectivity index (χ4n) is 2.19. The van der Waals surface area contributed by atoms with Gasteiger partial charge in [0, 0.05) is 17.1 Å². The van der Waals surface area contributed by atoms with Crippen LogP contribution in [0.15, 0.2) is 28.3 Å². The van der Waals surface area contributed by atoms with Crippen LogP contribution in [0, 0.1) is 0 Å². The summed E-state index contributed by atoms with van der Waals surface area (Å²) in [6.45, 7) is 1.60. The Morgan fingerprint density at radius 2 is 1.65 bits per heavy atom. The lowest BCUT2D eigenvalue weighted by Crippen LogP contribution is -2.39. The quantitative estimate of drug-likeness (QED) is 0.650. The molecule has 1 aliphatic heterocycles. The van der Waals surface area contributed by atoms with E-state index < -0.39 is 16.2 Å². The molecule has 5 nitrogen and oxygen atoms in total. The molecule has 1 aromatic carbocycles. The molecule has 1 heterocycles. The molecule has 1 aromatic rings. The van der Waals surface area contributed by atoms with Crippen LogP contribution < -0.4 is 5.01 Å². The van der Waals surface area contributed by atoms with E-state index in [1.54, 1.807) is 37.2 Å². The molecule has 0 amide bonds. The van der Waals surface area contributed by atoms with Gasteiger partial charge in [-0.05, 0) is 25.1 Å². The van der Waals surface area contributed by atoms with Gasteiger partial charge >= 0.3 is 0 Å². The molecule has 0 unspecified atom stereocenters. The van der Waals surface area contributed by atoms with Gasteiger partial charge in [-0.2, -0.15) is 8.42 Å². The topological polar surface area (TPSA) is 60.9 Å². The number of nitrogens with zero attached hydrogens (tertiary/aromatic N) is 2. The second-order valence-corrected chi connectivity index (χ2v) is 6.92. The normalized spacial score (nSPS) is 20.0. The van der Waals surface area contributed by atoms with Crippen molar-refractivity contribution in [1.82, 2.24) is 5.01 Å². The Kier molecular flexibility index (Phi) is 4.15. The van der Waals surface area contributed by atoms with Crippen molar-refractivity contribution in [2.24, 2.45) is 0 Å². The lowest BCUT2D eigenvalue weighted by atomic mass is 10.2. The minimum Gasteiger partial charge on any atom is -0.282 e. The van der Waals surface area contributed by atoms with Gasteiger partial charge in [0.25, 0.3) is 10.1 Å². The van der Waals surface area contributed by atoms with Gasteiger partial charge < -0.3 is 0 Å². The maximum absolute atomic E-state index is 11.4. The van der Waals surface area contributed by atoms with E-state index >= 15 is 0 Å². The maximum Gasteiger partial charge on any atom is 0.295 e. The van der Waals surface area contributed by atoms with Gasteiger partial charge in [0.2, 0.25) is 0 Å². The molecule has 20 heavy (non-hydrogen) atoms. The van der Waals surface area contributed by atoms with Crippen molar-refractivity contribution < 1.29 is 13.0 Å². The van der Waals surface area contributed by atoms with Crippen molar-refractivity contribution in [3.05, 3.63) is 38.3 Å². The summed E-state index contributed by atoms with van der Waals surface area (Å²) in [5.41, 5.74) is 0.564. The maximum atomic E-state index is 11.4. The van der Waals surface area contributed by atoms with Crippen molar-refractivity contribution >= 4 is 50.6 Å². The van der Waals surface area contributed by atoms with E-state index in [0.29, 0.717) is 15.7 Å². The van der Waals surface area contributed by atoms with Crippen LogP contribution in [-0.2, 0) is 10.1 Å². The number of hydrazine groups is 1. The molecule has 1 aliphatic rings. The van der Waals surface area contributed by atoms with Gasteiger partial charge in [-0.1, -0.05) is 34.8 Å². The third-order valence-corrected chi connectivity index (χ3v) is 5.03. The standard InChI is InChI=1S/C11H11Cl3N2O3S/c1-6-10(20(17,18)19)11(14)15(2)16(6)9-4-7(12)3-8(13)5-9/h3-6H,1-2H3,(H,17,18,19)/t6-/m1/s1. The van der Waals surface area contributed by atoms with E-state index in [9.17, 15) is 13.0 Å². The Morgan fingerprint density at radius 1 is 1.15 bits per heavy atom. The average molecular weight is 358 g/mol. The summed E-state index contributed by atoms with van der Waals surface area (Å²) < 4.78 is 32.1. The number of hydrogen-bond acceptors (Lipinski definition) is 4. The van der Waals surface area contributed by atoms with Crippen molar-refractivity contribution in [2.75, 3.05) is 12.1 Å². The van der Waals surface area contributed by atoms with E-state index in [1.807, 2.05) is 0 Å². The average Bonchev–Trinajstić information content (AvgIpc) is 2.47. The second-order valence-electron chi connectivity index (χ2n) is 4.30. The molecule has 0 bridgehead atoms. The highest BCUT2D eigenvalue weighted by atomic mass is 35.5. The summed E-state index contributed by atoms with van der Waals surface area (Å²) in [6, 6.07) is 4.12. The molecular formula is C11H11Cl3N2O3S. The zero-order valence-electron chi connectivity index (χ0n) is 10.5. The summed E-state index contributed by atoms with van der Waals surface area (Å²) >= 11 is 17.9. The Bertz CT molecular complexity index is 670. The van der Waals surface area contributed by atoms with E-state index in [-0.39, 0.29) is 10.1 Å². The number of benzene rings is 1. The summed E-state index contributed by atoms with van der Waals surface area (Å²) in [4.78, 5) is -0.266. The highest BCUT2D eigenvalue weighted by molar-refractivity contribution is 7.90. The first-order valence-electron chi connectivity index (χ1n) is 5.49. The minimum atomic E-state index is -4.40. The van der Waals surface area contributed by atoms with Crippen LogP contribution in [0.2, 0.25) is 10.0 Å². The number of halogens is 3. The van der Waals surface area contributed by atoms with Gasteiger partial charge in [0.05, 0.1) is 11.7 Å². The van der Waals surface area contributed by atoms with Crippen molar-refractivity contribution in [1.29, 1.82) is 0 Å². The molecule has 1 atom stereocenters. The third kappa shape index (κ3) is 2.71. The van der Waals surface area contributed by atoms with Crippen LogP contribution >= 0.6 is 34.8 Å². The second kappa shape index (κ2) is 5.27. The zero-order chi connectivity index (χ0) is 15.2. The minimum absolute atomic E-state index is 0.0731. The first-order chi connectivity index (χ1) is 9.12. The molecule has 1 N–H and O–H groups in total. The van der Waals surface area contributed by atoms with Gasteiger partial charge in [0.1, 0.15) is 10.1 Å². The predicted molar refractivity (Wildman–Crippen MR) is 80.6 cm³/mol. The summed E-state index contributed by atoms with van der Waals surface area (Å²) in [6.07, 6.45) is 0. The molecule has 0 aromatic heterocycles. The van der Waals surface area contributed by atoms with Crippen LogP contribution in [0.5, 0.6) is 0 Å². The van der Waals surface area contributed by atoms with Crippen LogP contribution in [-0.4, -0.2) is 31.1 Å². The smallest absolute Gasteiger partial charge is 0.282 e. The van der Waals surface area contributed by atoms with Crippen molar-refractivity contribution in [3.63, 3.8) is 0 Å². The Balaban J connectivity index is 2.52. The molecule has 0 saturated heterocycles. The van der Waals surface area contributed by atoms with Crippen molar-refractivity contribution in [3.8, 4) is 0 Å². The molecule has 0 aliphatic carbocycles. The van der Waals surface area contributed by atoms with Gasteiger partial charge in [0.15, 0.2) is 0 Å². The fraction of sp³-hybridized carbons (Fsp3) is 0.273. The highest BCUT2D eigenvalue weighted by Gasteiger charge is 2.40. The third-order valence-electron chi connectivity index (χ3n) is 2.95. The molecule has 0 spiro atoms. The monoisotopic (exact) mass is 356 g/mol. The highest BCUT2D eigenvalue weighted by Crippen LogP contribution is 2.38. The van der Waals surface area contributed by atoms with Gasteiger partial charge in [-0.25, -0.2) is 0 Å². The van der Waals surface area contributed by atoms with E-state index in [2.05, 4.69) is 0 Å². The predicted octanol–water partition coefficient (Wildman–Crippen LogP) is 3.34. The lowest BCUT2D eigenvalue weighted by molar-refractivity contribution is 0.415. The summed E-state index contributed by atoms with van der Waals surface area (Å²) in [5, 5.41) is 3.73. The van der Waals surface area contributed by atoms with Crippen LogP contribution in [0.4, 0.5) is 5.69 Å².